The first-order valence-corrected chi connectivity index (χ1v) is 6.24. The maximum absolute atomic E-state index is 12.1. The number of Topliss-reactive ketones (excluding diaryl/α,β-unsaturated/α-hetero) is 1. The van der Waals surface area contributed by atoms with Gasteiger partial charge >= 0.3 is 0 Å². The van der Waals surface area contributed by atoms with E-state index < -0.39 is 6.10 Å². The molecule has 0 saturated carbocycles. The van der Waals surface area contributed by atoms with Crippen LogP contribution < -0.4 is 9.47 Å². The van der Waals surface area contributed by atoms with Gasteiger partial charge in [-0.3, -0.25) is 4.79 Å². The summed E-state index contributed by atoms with van der Waals surface area (Å²) in [5.74, 6) is 1.30. The highest BCUT2D eigenvalue weighted by Crippen LogP contribution is 2.31. The van der Waals surface area contributed by atoms with E-state index in [1.54, 1.807) is 6.07 Å². The number of thiophene rings is 1. The summed E-state index contributed by atoms with van der Waals surface area (Å²) in [6.45, 7) is 0.270. The minimum atomic E-state index is -0.542. The number of para-hydroxylation sites is 2. The van der Waals surface area contributed by atoms with Gasteiger partial charge in [0, 0.05) is 10.9 Å². The Morgan fingerprint density at radius 1 is 1.24 bits per heavy atom. The van der Waals surface area contributed by atoms with Crippen LogP contribution in [0.3, 0.4) is 0 Å². The molecule has 1 aromatic heterocycles. The SMILES string of the molecule is O=C(c1ccsc1)C1COc2ccccc2O1. The van der Waals surface area contributed by atoms with E-state index in [2.05, 4.69) is 0 Å². The Morgan fingerprint density at radius 3 is 2.82 bits per heavy atom. The lowest BCUT2D eigenvalue weighted by Gasteiger charge is -2.25. The van der Waals surface area contributed by atoms with Gasteiger partial charge in [0.15, 0.2) is 17.6 Å². The summed E-state index contributed by atoms with van der Waals surface area (Å²) in [4.78, 5) is 12.1. The molecule has 2 aromatic rings. The van der Waals surface area contributed by atoms with Crippen molar-refractivity contribution in [3.63, 3.8) is 0 Å². The van der Waals surface area contributed by atoms with Crippen LogP contribution in [0.4, 0.5) is 0 Å². The normalized spacial score (nSPS) is 17.8. The molecule has 0 spiro atoms. The number of fused-ring (bicyclic) bond motifs is 1. The zero-order valence-electron chi connectivity index (χ0n) is 8.96. The Balaban J connectivity index is 1.83. The van der Waals surface area contributed by atoms with E-state index >= 15 is 0 Å². The standard InChI is InChI=1S/C13H10O3S/c14-13(9-5-6-17-8-9)12-7-15-10-3-1-2-4-11(10)16-12/h1-6,8,12H,7H2. The van der Waals surface area contributed by atoms with Crippen molar-refractivity contribution >= 4 is 17.1 Å². The van der Waals surface area contributed by atoms with E-state index in [1.807, 2.05) is 35.0 Å². The molecule has 1 aliphatic heterocycles. The quantitative estimate of drug-likeness (QED) is 0.764. The Kier molecular flexibility index (Phi) is 2.57. The molecule has 17 heavy (non-hydrogen) atoms. The molecule has 0 radical (unpaired) electrons. The first kappa shape index (κ1) is 10.4. The summed E-state index contributed by atoms with van der Waals surface area (Å²) in [7, 11) is 0. The minimum Gasteiger partial charge on any atom is -0.485 e. The van der Waals surface area contributed by atoms with Gasteiger partial charge < -0.3 is 9.47 Å². The number of ketones is 1. The van der Waals surface area contributed by atoms with Crippen LogP contribution in [0.1, 0.15) is 10.4 Å². The molecule has 0 saturated heterocycles. The summed E-state index contributed by atoms with van der Waals surface area (Å²) < 4.78 is 11.2. The molecule has 86 valence electrons. The van der Waals surface area contributed by atoms with Gasteiger partial charge in [-0.2, -0.15) is 11.3 Å². The summed E-state index contributed by atoms with van der Waals surface area (Å²) in [6.07, 6.45) is -0.542. The van der Waals surface area contributed by atoms with E-state index in [9.17, 15) is 4.79 Å². The van der Waals surface area contributed by atoms with Crippen molar-refractivity contribution in [1.29, 1.82) is 0 Å². The van der Waals surface area contributed by atoms with E-state index in [-0.39, 0.29) is 12.4 Å². The molecule has 0 N–H and O–H groups in total. The number of benzene rings is 1. The Hall–Kier alpha value is -1.81. The van der Waals surface area contributed by atoms with E-state index in [0.29, 0.717) is 17.1 Å². The van der Waals surface area contributed by atoms with Crippen molar-refractivity contribution in [3.05, 3.63) is 46.7 Å². The zero-order valence-corrected chi connectivity index (χ0v) is 9.78. The Labute approximate surface area is 103 Å². The van der Waals surface area contributed by atoms with Crippen molar-refractivity contribution in [2.45, 2.75) is 6.10 Å². The number of carbonyl (C=O) groups excluding carboxylic acids is 1. The zero-order chi connectivity index (χ0) is 11.7. The minimum absolute atomic E-state index is 0.0271. The second-order valence-corrected chi connectivity index (χ2v) is 4.52. The molecule has 1 aliphatic rings. The molecule has 4 heteroatoms. The van der Waals surface area contributed by atoms with Crippen LogP contribution in [-0.4, -0.2) is 18.5 Å². The number of ether oxygens (including phenoxy) is 2. The second kappa shape index (κ2) is 4.22. The Bertz CT molecular complexity index is 533. The van der Waals surface area contributed by atoms with Crippen LogP contribution in [0.15, 0.2) is 41.1 Å². The first-order valence-electron chi connectivity index (χ1n) is 5.29. The largest absolute Gasteiger partial charge is 0.485 e. The third-order valence-corrected chi connectivity index (χ3v) is 3.29. The molecular formula is C13H10O3S. The van der Waals surface area contributed by atoms with Crippen LogP contribution in [0.2, 0.25) is 0 Å². The van der Waals surface area contributed by atoms with Crippen molar-refractivity contribution in [2.24, 2.45) is 0 Å². The van der Waals surface area contributed by atoms with E-state index in [4.69, 9.17) is 9.47 Å². The van der Waals surface area contributed by atoms with Gasteiger partial charge in [0.05, 0.1) is 0 Å². The number of hydrogen-bond donors (Lipinski definition) is 0. The van der Waals surface area contributed by atoms with Crippen molar-refractivity contribution in [2.75, 3.05) is 6.61 Å². The predicted molar refractivity (Wildman–Crippen MR) is 65.0 cm³/mol. The summed E-state index contributed by atoms with van der Waals surface area (Å²) in [5, 5.41) is 3.71. The average Bonchev–Trinajstić information content (AvgIpc) is 2.91. The monoisotopic (exact) mass is 246 g/mol. The number of rotatable bonds is 2. The van der Waals surface area contributed by atoms with Gasteiger partial charge in [0.25, 0.3) is 0 Å². The molecule has 0 amide bonds. The fourth-order valence-electron chi connectivity index (χ4n) is 1.74. The molecule has 3 rings (SSSR count). The lowest BCUT2D eigenvalue weighted by molar-refractivity contribution is 0.0586. The van der Waals surface area contributed by atoms with Gasteiger partial charge in [0.2, 0.25) is 5.78 Å². The molecule has 2 heterocycles. The topological polar surface area (TPSA) is 35.5 Å². The van der Waals surface area contributed by atoms with Gasteiger partial charge in [-0.15, -0.1) is 0 Å². The van der Waals surface area contributed by atoms with Crippen molar-refractivity contribution in [3.8, 4) is 11.5 Å². The highest BCUT2D eigenvalue weighted by molar-refractivity contribution is 7.08. The molecule has 1 aromatic carbocycles. The van der Waals surface area contributed by atoms with Crippen LogP contribution in [-0.2, 0) is 0 Å². The van der Waals surface area contributed by atoms with Crippen LogP contribution in [0.25, 0.3) is 0 Å². The van der Waals surface area contributed by atoms with Crippen molar-refractivity contribution in [1.82, 2.24) is 0 Å². The number of hydrogen-bond acceptors (Lipinski definition) is 4. The summed E-state index contributed by atoms with van der Waals surface area (Å²) in [5.41, 5.74) is 0.683. The van der Waals surface area contributed by atoms with Crippen molar-refractivity contribution < 1.29 is 14.3 Å². The Morgan fingerprint density at radius 2 is 2.06 bits per heavy atom. The smallest absolute Gasteiger partial charge is 0.207 e. The lowest BCUT2D eigenvalue weighted by atomic mass is 10.1. The summed E-state index contributed by atoms with van der Waals surface area (Å²) >= 11 is 1.50. The van der Waals surface area contributed by atoms with Gasteiger partial charge in [-0.05, 0) is 23.6 Å². The molecule has 0 bridgehead atoms. The number of carbonyl (C=O) groups is 1. The van der Waals surface area contributed by atoms with Crippen LogP contribution in [0.5, 0.6) is 11.5 Å². The van der Waals surface area contributed by atoms with Crippen LogP contribution in [0, 0.1) is 0 Å². The maximum atomic E-state index is 12.1. The van der Waals surface area contributed by atoms with E-state index in [1.165, 1.54) is 11.3 Å². The molecule has 0 aliphatic carbocycles. The summed E-state index contributed by atoms with van der Waals surface area (Å²) in [6, 6.07) is 9.18. The lowest BCUT2D eigenvalue weighted by Crippen LogP contribution is -2.36. The highest BCUT2D eigenvalue weighted by atomic mass is 32.1. The van der Waals surface area contributed by atoms with Gasteiger partial charge in [-0.25, -0.2) is 0 Å². The maximum Gasteiger partial charge on any atom is 0.207 e. The molecule has 1 unspecified atom stereocenters. The van der Waals surface area contributed by atoms with Crippen LogP contribution >= 0.6 is 11.3 Å². The predicted octanol–water partition coefficient (Wildman–Crippen LogP) is 2.77. The highest BCUT2D eigenvalue weighted by Gasteiger charge is 2.28. The fraction of sp³-hybridized carbons (Fsp3) is 0.154. The fourth-order valence-corrected chi connectivity index (χ4v) is 2.38. The molecule has 0 fully saturated rings. The molecule has 1 atom stereocenters. The molecule has 3 nitrogen and oxygen atoms in total. The second-order valence-electron chi connectivity index (χ2n) is 3.74. The third-order valence-electron chi connectivity index (χ3n) is 2.61. The molecular weight excluding hydrogens is 236 g/mol. The van der Waals surface area contributed by atoms with Gasteiger partial charge in [-0.1, -0.05) is 12.1 Å². The van der Waals surface area contributed by atoms with E-state index in [0.717, 1.165) is 0 Å². The average molecular weight is 246 g/mol. The third kappa shape index (κ3) is 1.91. The van der Waals surface area contributed by atoms with Gasteiger partial charge in [0.1, 0.15) is 6.61 Å². The first-order chi connectivity index (χ1) is 8.34.